The lowest BCUT2D eigenvalue weighted by Gasteiger charge is -2.22. The maximum Gasteiger partial charge on any atom is 0.0724 e. The van der Waals surface area contributed by atoms with Crippen LogP contribution in [0.1, 0.15) is 12.8 Å². The highest BCUT2D eigenvalue weighted by Crippen LogP contribution is 2.51. The van der Waals surface area contributed by atoms with Gasteiger partial charge in [0.15, 0.2) is 0 Å². The zero-order chi connectivity index (χ0) is 6.72. The van der Waals surface area contributed by atoms with E-state index in [1.165, 1.54) is 19.4 Å². The number of halogens is 1. The first-order chi connectivity index (χ1) is 4.86. The second kappa shape index (κ2) is 2.35. The van der Waals surface area contributed by atoms with E-state index < -0.39 is 0 Å². The Morgan fingerprint density at radius 1 is 1.18 bits per heavy atom. The Morgan fingerprint density at radius 3 is 2.64 bits per heavy atom. The average Bonchev–Trinajstić information content (AvgIpc) is 2.43. The molecule has 5 atom stereocenters. The van der Waals surface area contributed by atoms with Crippen molar-refractivity contribution < 1.29 is 5.11 Å². The maximum atomic E-state index is 9.64. The Hall–Kier alpha value is 0.210. The quantitative estimate of drug-likeness (QED) is 0.559. The van der Waals surface area contributed by atoms with Crippen LogP contribution in [-0.2, 0) is 0 Å². The fourth-order valence-corrected chi connectivity index (χ4v) is 3.26. The molecule has 11 heavy (non-hydrogen) atoms. The molecular formula is C8H14ClNO. The normalized spacial score (nSPS) is 58.1. The van der Waals surface area contributed by atoms with Gasteiger partial charge in [0.25, 0.3) is 0 Å². The molecule has 3 fully saturated rings. The summed E-state index contributed by atoms with van der Waals surface area (Å²) in [4.78, 5) is 0. The Morgan fingerprint density at radius 2 is 2.00 bits per heavy atom. The molecule has 0 aromatic rings. The second-order valence-electron chi connectivity index (χ2n) is 4.08. The lowest BCUT2D eigenvalue weighted by molar-refractivity contribution is 0.0909. The van der Waals surface area contributed by atoms with Gasteiger partial charge in [0.2, 0.25) is 0 Å². The first-order valence-electron chi connectivity index (χ1n) is 4.28. The highest BCUT2D eigenvalue weighted by molar-refractivity contribution is 5.85. The lowest BCUT2D eigenvalue weighted by atomic mass is 9.88. The predicted octanol–water partition coefficient (Wildman–Crippen LogP) is 0.397. The Bertz CT molecular complexity index is 173. The van der Waals surface area contributed by atoms with Crippen LogP contribution in [0.5, 0.6) is 0 Å². The summed E-state index contributed by atoms with van der Waals surface area (Å²) in [5, 5.41) is 13.1. The summed E-state index contributed by atoms with van der Waals surface area (Å²) in [6.45, 7) is 1.17. The van der Waals surface area contributed by atoms with Crippen LogP contribution in [0.25, 0.3) is 0 Å². The van der Waals surface area contributed by atoms with Gasteiger partial charge in [-0.05, 0) is 37.1 Å². The van der Waals surface area contributed by atoms with Crippen molar-refractivity contribution in [1.82, 2.24) is 5.32 Å². The lowest BCUT2D eigenvalue weighted by Crippen LogP contribution is -2.37. The molecule has 0 spiro atoms. The summed E-state index contributed by atoms with van der Waals surface area (Å²) in [5.74, 6) is 2.40. The molecule has 2 N–H and O–H groups in total. The fraction of sp³-hybridized carbons (Fsp3) is 1.00. The second-order valence-corrected chi connectivity index (χ2v) is 4.08. The van der Waals surface area contributed by atoms with E-state index in [4.69, 9.17) is 0 Å². The van der Waals surface area contributed by atoms with Crippen LogP contribution in [0, 0.1) is 17.8 Å². The number of aliphatic hydroxyl groups excluding tert-OH is 1. The van der Waals surface area contributed by atoms with Gasteiger partial charge in [-0.1, -0.05) is 0 Å². The van der Waals surface area contributed by atoms with E-state index in [9.17, 15) is 5.11 Å². The van der Waals surface area contributed by atoms with Gasteiger partial charge in [-0.25, -0.2) is 0 Å². The summed E-state index contributed by atoms with van der Waals surface area (Å²) < 4.78 is 0. The van der Waals surface area contributed by atoms with Crippen molar-refractivity contribution in [3.05, 3.63) is 0 Å². The predicted molar refractivity (Wildman–Crippen MR) is 44.7 cm³/mol. The molecule has 2 saturated carbocycles. The van der Waals surface area contributed by atoms with Crippen LogP contribution < -0.4 is 5.32 Å². The number of hydrogen-bond donors (Lipinski definition) is 2. The highest BCUT2D eigenvalue weighted by Gasteiger charge is 2.55. The summed E-state index contributed by atoms with van der Waals surface area (Å²) in [5.41, 5.74) is 0. The number of hydrogen-bond acceptors (Lipinski definition) is 2. The minimum absolute atomic E-state index is 0. The molecule has 1 aliphatic heterocycles. The largest absolute Gasteiger partial charge is 0.391 e. The molecule has 0 aromatic carbocycles. The number of rotatable bonds is 0. The maximum absolute atomic E-state index is 9.64. The van der Waals surface area contributed by atoms with Crippen molar-refractivity contribution in [3.63, 3.8) is 0 Å². The molecule has 0 radical (unpaired) electrons. The minimum Gasteiger partial charge on any atom is -0.391 e. The van der Waals surface area contributed by atoms with Crippen molar-refractivity contribution >= 4 is 12.4 Å². The Kier molecular flexibility index (Phi) is 1.67. The SMILES string of the molecule is Cl.OC1C2CC3CNC1C3C2. The first kappa shape index (κ1) is 7.84. The van der Waals surface area contributed by atoms with Gasteiger partial charge in [-0.3, -0.25) is 0 Å². The Balaban J connectivity index is 0.000000480. The van der Waals surface area contributed by atoms with Gasteiger partial charge in [-0.2, -0.15) is 0 Å². The molecule has 1 saturated heterocycles. The van der Waals surface area contributed by atoms with Gasteiger partial charge in [-0.15, -0.1) is 12.4 Å². The molecule has 3 rings (SSSR count). The van der Waals surface area contributed by atoms with Crippen molar-refractivity contribution in [2.24, 2.45) is 17.8 Å². The van der Waals surface area contributed by atoms with Gasteiger partial charge in [0.1, 0.15) is 0 Å². The molecule has 5 unspecified atom stereocenters. The summed E-state index contributed by atoms with van der Waals surface area (Å²) in [6, 6.07) is 0.476. The number of fused-ring (bicyclic) bond motifs is 1. The van der Waals surface area contributed by atoms with Crippen LogP contribution in [0.2, 0.25) is 0 Å². The highest BCUT2D eigenvalue weighted by atomic mass is 35.5. The molecule has 3 aliphatic rings. The van der Waals surface area contributed by atoms with Crippen LogP contribution in [-0.4, -0.2) is 23.8 Å². The molecule has 64 valence electrons. The summed E-state index contributed by atoms with van der Waals surface area (Å²) in [6.07, 6.45) is 2.57. The van der Waals surface area contributed by atoms with E-state index in [0.29, 0.717) is 12.0 Å². The van der Waals surface area contributed by atoms with E-state index in [2.05, 4.69) is 5.32 Å². The van der Waals surface area contributed by atoms with Crippen molar-refractivity contribution in [2.45, 2.75) is 25.0 Å². The van der Waals surface area contributed by atoms with E-state index in [1.807, 2.05) is 0 Å². The topological polar surface area (TPSA) is 32.3 Å². The van der Waals surface area contributed by atoms with E-state index in [1.54, 1.807) is 0 Å². The first-order valence-corrected chi connectivity index (χ1v) is 4.28. The van der Waals surface area contributed by atoms with E-state index >= 15 is 0 Å². The Labute approximate surface area is 72.8 Å². The van der Waals surface area contributed by atoms with Crippen molar-refractivity contribution in [2.75, 3.05) is 6.54 Å². The number of aliphatic hydroxyl groups is 1. The van der Waals surface area contributed by atoms with Crippen molar-refractivity contribution in [1.29, 1.82) is 0 Å². The smallest absolute Gasteiger partial charge is 0.0724 e. The standard InChI is InChI=1S/C8H13NO.ClH/c10-8-4-1-5-3-9-7(8)6(5)2-4;/h4-10H,1-3H2;1H. The summed E-state index contributed by atoms with van der Waals surface area (Å²) in [7, 11) is 0. The van der Waals surface area contributed by atoms with Gasteiger partial charge < -0.3 is 10.4 Å². The van der Waals surface area contributed by atoms with E-state index in [-0.39, 0.29) is 18.5 Å². The number of nitrogens with one attached hydrogen (secondary N) is 1. The molecule has 3 heteroatoms. The zero-order valence-electron chi connectivity index (χ0n) is 6.36. The average molecular weight is 176 g/mol. The van der Waals surface area contributed by atoms with Gasteiger partial charge in [0, 0.05) is 6.04 Å². The fourth-order valence-electron chi connectivity index (χ4n) is 3.26. The van der Waals surface area contributed by atoms with Crippen LogP contribution in [0.15, 0.2) is 0 Å². The van der Waals surface area contributed by atoms with E-state index in [0.717, 1.165) is 11.8 Å². The molecule has 1 heterocycles. The molecule has 2 bridgehead atoms. The van der Waals surface area contributed by atoms with Gasteiger partial charge in [0.05, 0.1) is 6.10 Å². The van der Waals surface area contributed by atoms with Crippen LogP contribution in [0.4, 0.5) is 0 Å². The molecule has 0 aromatic heterocycles. The third kappa shape index (κ3) is 0.807. The summed E-state index contributed by atoms with van der Waals surface area (Å²) >= 11 is 0. The third-order valence-corrected chi connectivity index (χ3v) is 3.71. The molecular weight excluding hydrogens is 162 g/mol. The zero-order valence-corrected chi connectivity index (χ0v) is 7.18. The van der Waals surface area contributed by atoms with Crippen molar-refractivity contribution in [3.8, 4) is 0 Å². The third-order valence-electron chi connectivity index (χ3n) is 3.71. The van der Waals surface area contributed by atoms with Gasteiger partial charge >= 0.3 is 0 Å². The van der Waals surface area contributed by atoms with Crippen LogP contribution >= 0.6 is 12.4 Å². The molecule has 0 amide bonds. The molecule has 2 nitrogen and oxygen atoms in total. The van der Waals surface area contributed by atoms with Crippen LogP contribution in [0.3, 0.4) is 0 Å². The minimum atomic E-state index is -0.0104. The molecule has 2 aliphatic carbocycles. The monoisotopic (exact) mass is 175 g/mol.